The zero-order valence-corrected chi connectivity index (χ0v) is 14.2. The van der Waals surface area contributed by atoms with Gasteiger partial charge in [0.05, 0.1) is 23.9 Å². The van der Waals surface area contributed by atoms with Gasteiger partial charge in [-0.2, -0.15) is 5.26 Å². The van der Waals surface area contributed by atoms with Crippen molar-refractivity contribution in [3.63, 3.8) is 0 Å². The maximum absolute atomic E-state index is 9.16. The van der Waals surface area contributed by atoms with E-state index in [4.69, 9.17) is 10.2 Å². The summed E-state index contributed by atoms with van der Waals surface area (Å²) in [6, 6.07) is 10.8. The van der Waals surface area contributed by atoms with Crippen molar-refractivity contribution in [3.8, 4) is 17.3 Å². The normalized spacial score (nSPS) is 11.8. The number of hydrogen-bond donors (Lipinski definition) is 0. The van der Waals surface area contributed by atoms with Gasteiger partial charge in [0.25, 0.3) is 0 Å². The van der Waals surface area contributed by atoms with E-state index in [-0.39, 0.29) is 5.41 Å². The van der Waals surface area contributed by atoms with Crippen molar-refractivity contribution in [3.05, 3.63) is 46.6 Å². The summed E-state index contributed by atoms with van der Waals surface area (Å²) >= 11 is 1.62. The zero-order chi connectivity index (χ0) is 15.9. The van der Waals surface area contributed by atoms with E-state index >= 15 is 0 Å². The molecule has 0 unspecified atom stereocenters. The summed E-state index contributed by atoms with van der Waals surface area (Å²) in [7, 11) is 0. The van der Waals surface area contributed by atoms with Crippen molar-refractivity contribution in [1.82, 2.24) is 9.38 Å². The second kappa shape index (κ2) is 5.26. The number of benzene rings is 1. The van der Waals surface area contributed by atoms with E-state index < -0.39 is 0 Å². The van der Waals surface area contributed by atoms with Crippen LogP contribution in [0.15, 0.2) is 29.6 Å². The van der Waals surface area contributed by atoms with Gasteiger partial charge in [-0.3, -0.25) is 4.40 Å². The first kappa shape index (κ1) is 14.8. The predicted molar refractivity (Wildman–Crippen MR) is 91.3 cm³/mol. The highest BCUT2D eigenvalue weighted by molar-refractivity contribution is 7.15. The van der Waals surface area contributed by atoms with Crippen LogP contribution < -0.4 is 0 Å². The van der Waals surface area contributed by atoms with Gasteiger partial charge in [0.1, 0.15) is 0 Å². The second-order valence-corrected chi connectivity index (χ2v) is 7.40. The molecule has 112 valence electrons. The Bertz CT molecular complexity index is 855. The molecule has 2 heterocycles. The van der Waals surface area contributed by atoms with Gasteiger partial charge in [-0.25, -0.2) is 4.98 Å². The first-order chi connectivity index (χ1) is 10.4. The maximum Gasteiger partial charge on any atom is 0.194 e. The van der Waals surface area contributed by atoms with Gasteiger partial charge >= 0.3 is 0 Å². The van der Waals surface area contributed by atoms with E-state index in [9.17, 15) is 0 Å². The zero-order valence-electron chi connectivity index (χ0n) is 13.3. The van der Waals surface area contributed by atoms with Crippen LogP contribution in [0.1, 0.15) is 37.7 Å². The predicted octanol–water partition coefficient (Wildman–Crippen LogP) is 4.73. The summed E-state index contributed by atoms with van der Waals surface area (Å²) in [5.41, 5.74) is 5.56. The van der Waals surface area contributed by atoms with Crippen LogP contribution in [-0.4, -0.2) is 9.38 Å². The van der Waals surface area contributed by atoms with Crippen molar-refractivity contribution < 1.29 is 0 Å². The molecule has 2 aromatic heterocycles. The molecule has 0 saturated carbocycles. The molecule has 0 saturated heterocycles. The molecule has 0 aliphatic carbocycles. The Hall–Kier alpha value is -2.12. The Kier molecular flexibility index (Phi) is 3.54. The lowest BCUT2D eigenvalue weighted by Crippen LogP contribution is -2.10. The number of nitriles is 1. The Labute approximate surface area is 134 Å². The maximum atomic E-state index is 9.16. The molecule has 3 rings (SSSR count). The van der Waals surface area contributed by atoms with Crippen LogP contribution >= 0.6 is 11.3 Å². The number of nitrogens with zero attached hydrogens (tertiary/aromatic N) is 3. The van der Waals surface area contributed by atoms with Crippen molar-refractivity contribution in [2.75, 3.05) is 0 Å². The van der Waals surface area contributed by atoms with Crippen molar-refractivity contribution >= 4 is 16.3 Å². The summed E-state index contributed by atoms with van der Waals surface area (Å²) in [6.07, 6.45) is 0.370. The number of aromatic nitrogens is 2. The quantitative estimate of drug-likeness (QED) is 0.686. The van der Waals surface area contributed by atoms with Crippen LogP contribution in [0.4, 0.5) is 0 Å². The third-order valence-corrected chi connectivity index (χ3v) is 4.84. The fourth-order valence-electron chi connectivity index (χ4n) is 2.66. The molecule has 3 aromatic rings. The summed E-state index contributed by atoms with van der Waals surface area (Å²) < 4.78 is 2.10. The number of imidazole rings is 1. The third-order valence-electron chi connectivity index (χ3n) is 3.90. The van der Waals surface area contributed by atoms with E-state index in [0.717, 1.165) is 27.6 Å². The van der Waals surface area contributed by atoms with Gasteiger partial charge in [0, 0.05) is 16.6 Å². The SMILES string of the molecule is Cc1csc2nc(-c3ccc(C(C)(C)C)cc3)c(CC#N)n12. The molecule has 0 spiro atoms. The van der Waals surface area contributed by atoms with Crippen LogP contribution in [0.2, 0.25) is 0 Å². The number of thiazole rings is 1. The second-order valence-electron chi connectivity index (χ2n) is 6.56. The van der Waals surface area contributed by atoms with Crippen LogP contribution in [0, 0.1) is 18.3 Å². The van der Waals surface area contributed by atoms with Gasteiger partial charge < -0.3 is 0 Å². The molecule has 3 nitrogen and oxygen atoms in total. The van der Waals surface area contributed by atoms with Gasteiger partial charge in [-0.1, -0.05) is 45.0 Å². The minimum absolute atomic E-state index is 0.138. The summed E-state index contributed by atoms with van der Waals surface area (Å²) in [5.74, 6) is 0. The summed E-state index contributed by atoms with van der Waals surface area (Å²) in [5, 5.41) is 11.2. The van der Waals surface area contributed by atoms with E-state index in [0.29, 0.717) is 6.42 Å². The first-order valence-electron chi connectivity index (χ1n) is 7.35. The first-order valence-corrected chi connectivity index (χ1v) is 8.23. The molecule has 0 atom stereocenters. The van der Waals surface area contributed by atoms with Gasteiger partial charge in [0.2, 0.25) is 0 Å². The van der Waals surface area contributed by atoms with Gasteiger partial charge in [-0.15, -0.1) is 11.3 Å². The fraction of sp³-hybridized carbons (Fsp3) is 0.333. The van der Waals surface area contributed by atoms with Crippen LogP contribution in [0.25, 0.3) is 16.2 Å². The largest absolute Gasteiger partial charge is 0.290 e. The van der Waals surface area contributed by atoms with Gasteiger partial charge in [-0.05, 0) is 17.9 Å². The number of aryl methyl sites for hydroxylation is 1. The minimum atomic E-state index is 0.138. The molecule has 0 N–H and O–H groups in total. The monoisotopic (exact) mass is 309 g/mol. The van der Waals surface area contributed by atoms with E-state index in [1.807, 2.05) is 0 Å². The lowest BCUT2D eigenvalue weighted by molar-refractivity contribution is 0.590. The smallest absolute Gasteiger partial charge is 0.194 e. The number of hydrogen-bond acceptors (Lipinski definition) is 3. The van der Waals surface area contributed by atoms with E-state index in [2.05, 4.69) is 67.8 Å². The van der Waals surface area contributed by atoms with Gasteiger partial charge in [0.15, 0.2) is 4.96 Å². The molecule has 4 heteroatoms. The molecule has 22 heavy (non-hydrogen) atoms. The summed E-state index contributed by atoms with van der Waals surface area (Å²) in [4.78, 5) is 5.70. The highest BCUT2D eigenvalue weighted by Gasteiger charge is 2.18. The lowest BCUT2D eigenvalue weighted by Gasteiger charge is -2.19. The highest BCUT2D eigenvalue weighted by Crippen LogP contribution is 2.30. The average Bonchev–Trinajstić information content (AvgIpc) is 3.00. The standard InChI is InChI=1S/C18H19N3S/c1-12-11-22-17-20-16(15(9-10-19)21(12)17)13-5-7-14(8-6-13)18(2,3)4/h5-8,11H,9H2,1-4H3. The molecule has 0 amide bonds. The van der Waals surface area contributed by atoms with E-state index in [1.54, 1.807) is 11.3 Å². The molecule has 0 fully saturated rings. The summed E-state index contributed by atoms with van der Waals surface area (Å²) in [6.45, 7) is 8.68. The Morgan fingerprint density at radius 3 is 2.50 bits per heavy atom. The molecule has 0 aliphatic rings. The molecule has 0 bridgehead atoms. The topological polar surface area (TPSA) is 41.1 Å². The van der Waals surface area contributed by atoms with Crippen LogP contribution in [0.3, 0.4) is 0 Å². The number of rotatable bonds is 2. The molecular weight excluding hydrogens is 290 g/mol. The Morgan fingerprint density at radius 2 is 1.91 bits per heavy atom. The van der Waals surface area contributed by atoms with E-state index in [1.165, 1.54) is 5.56 Å². The molecular formula is C18H19N3S. The molecule has 0 aliphatic heterocycles. The fourth-order valence-corrected chi connectivity index (χ4v) is 3.55. The minimum Gasteiger partial charge on any atom is -0.290 e. The Balaban J connectivity index is 2.14. The van der Waals surface area contributed by atoms with Crippen molar-refractivity contribution in [2.24, 2.45) is 0 Å². The average molecular weight is 309 g/mol. The van der Waals surface area contributed by atoms with Crippen LogP contribution in [0.5, 0.6) is 0 Å². The Morgan fingerprint density at radius 1 is 1.23 bits per heavy atom. The van der Waals surface area contributed by atoms with Crippen molar-refractivity contribution in [2.45, 2.75) is 39.5 Å². The number of fused-ring (bicyclic) bond motifs is 1. The lowest BCUT2D eigenvalue weighted by atomic mass is 9.86. The molecule has 1 aromatic carbocycles. The van der Waals surface area contributed by atoms with Crippen molar-refractivity contribution in [1.29, 1.82) is 5.26 Å². The highest BCUT2D eigenvalue weighted by atomic mass is 32.1. The molecule has 0 radical (unpaired) electrons. The third kappa shape index (κ3) is 2.42. The van der Waals surface area contributed by atoms with Crippen LogP contribution in [-0.2, 0) is 11.8 Å².